The normalized spacial score (nSPS) is 13.1. The molecule has 6 heteroatoms. The van der Waals surface area contributed by atoms with E-state index in [9.17, 15) is 14.3 Å². The molecule has 0 fully saturated rings. The molecule has 0 radical (unpaired) electrons. The van der Waals surface area contributed by atoms with Gasteiger partial charge in [0.05, 0.1) is 6.61 Å². The molecular weight excluding hydrogens is 325 g/mol. The third-order valence-electron chi connectivity index (χ3n) is 3.48. The summed E-state index contributed by atoms with van der Waals surface area (Å²) >= 11 is 0. The maximum atomic E-state index is 12.8. The van der Waals surface area contributed by atoms with Crippen LogP contribution in [0.3, 0.4) is 0 Å². The minimum absolute atomic E-state index is 0.00876. The lowest BCUT2D eigenvalue weighted by atomic mass is 10.2. The van der Waals surface area contributed by atoms with Gasteiger partial charge in [-0.3, -0.25) is 4.79 Å². The fourth-order valence-electron chi connectivity index (χ4n) is 2.02. The minimum Gasteiger partial charge on any atom is -0.491 e. The maximum absolute atomic E-state index is 12.8. The van der Waals surface area contributed by atoms with Gasteiger partial charge in [0, 0.05) is 6.54 Å². The van der Waals surface area contributed by atoms with E-state index in [4.69, 9.17) is 9.47 Å². The molecule has 2 aromatic rings. The summed E-state index contributed by atoms with van der Waals surface area (Å²) in [6.07, 6.45) is -1.51. The van der Waals surface area contributed by atoms with E-state index < -0.39 is 12.2 Å². The Bertz CT molecular complexity index is 648. The van der Waals surface area contributed by atoms with Crippen LogP contribution in [0.4, 0.5) is 4.39 Å². The number of nitrogens with one attached hydrogen (secondary N) is 1. The van der Waals surface area contributed by atoms with Crippen molar-refractivity contribution in [2.24, 2.45) is 0 Å². The van der Waals surface area contributed by atoms with Crippen LogP contribution in [-0.4, -0.2) is 36.4 Å². The third-order valence-corrected chi connectivity index (χ3v) is 3.48. The number of benzene rings is 2. The Labute approximate surface area is 146 Å². The Morgan fingerprint density at radius 2 is 1.84 bits per heavy atom. The molecule has 0 heterocycles. The third kappa shape index (κ3) is 6.91. The van der Waals surface area contributed by atoms with Gasteiger partial charge in [-0.15, -0.1) is 0 Å². The highest BCUT2D eigenvalue weighted by Gasteiger charge is 2.15. The zero-order chi connectivity index (χ0) is 18.1. The summed E-state index contributed by atoms with van der Waals surface area (Å²) in [5.74, 6) is -0.215. The molecule has 0 saturated heterocycles. The van der Waals surface area contributed by atoms with Crippen molar-refractivity contribution < 1.29 is 23.8 Å². The number of aliphatic hydroxyl groups is 1. The topological polar surface area (TPSA) is 67.8 Å². The van der Waals surface area contributed by atoms with Gasteiger partial charge in [0.15, 0.2) is 0 Å². The maximum Gasteiger partial charge on any atom is 0.248 e. The predicted octanol–water partition coefficient (Wildman–Crippen LogP) is 2.29. The second kappa shape index (κ2) is 9.76. The van der Waals surface area contributed by atoms with Gasteiger partial charge in [0.25, 0.3) is 0 Å². The molecule has 0 bridgehead atoms. The van der Waals surface area contributed by atoms with Gasteiger partial charge in [0.1, 0.15) is 30.4 Å². The summed E-state index contributed by atoms with van der Waals surface area (Å²) < 4.78 is 23.6. The SMILES string of the molecule is C[C@H](OCc1ccccc1)C(=O)NC[C@@H](O)COc1ccc(F)cc1. The molecule has 0 unspecified atom stereocenters. The zero-order valence-corrected chi connectivity index (χ0v) is 14.0. The summed E-state index contributed by atoms with van der Waals surface area (Å²) in [5.41, 5.74) is 0.981. The Kier molecular flexibility index (Phi) is 7.37. The minimum atomic E-state index is -0.879. The van der Waals surface area contributed by atoms with E-state index in [0.29, 0.717) is 12.4 Å². The molecule has 5 nitrogen and oxygen atoms in total. The van der Waals surface area contributed by atoms with E-state index in [1.54, 1.807) is 6.92 Å². The van der Waals surface area contributed by atoms with E-state index in [1.807, 2.05) is 30.3 Å². The monoisotopic (exact) mass is 347 g/mol. The van der Waals surface area contributed by atoms with Crippen molar-refractivity contribution in [2.75, 3.05) is 13.2 Å². The summed E-state index contributed by atoms with van der Waals surface area (Å²) in [6.45, 7) is 2.02. The van der Waals surface area contributed by atoms with Crippen molar-refractivity contribution in [1.82, 2.24) is 5.32 Å². The second-order valence-corrected chi connectivity index (χ2v) is 5.60. The summed E-state index contributed by atoms with van der Waals surface area (Å²) in [6, 6.07) is 15.0. The number of hydrogen-bond donors (Lipinski definition) is 2. The molecule has 0 aromatic heterocycles. The molecule has 2 aromatic carbocycles. The van der Waals surface area contributed by atoms with E-state index in [0.717, 1.165) is 5.56 Å². The number of hydrogen-bond acceptors (Lipinski definition) is 4. The Morgan fingerprint density at radius 1 is 1.16 bits per heavy atom. The van der Waals surface area contributed by atoms with Crippen molar-refractivity contribution in [1.29, 1.82) is 0 Å². The van der Waals surface area contributed by atoms with Gasteiger partial charge in [0.2, 0.25) is 5.91 Å². The molecule has 0 saturated carbocycles. The summed E-state index contributed by atoms with van der Waals surface area (Å²) in [7, 11) is 0. The number of rotatable bonds is 9. The molecule has 0 aliphatic heterocycles. The standard InChI is InChI=1S/C19H22FNO4/c1-14(24-12-15-5-3-2-4-6-15)19(23)21-11-17(22)13-25-18-9-7-16(20)8-10-18/h2-10,14,17,22H,11-13H2,1H3,(H,21,23)/t14-,17+/m0/s1. The largest absolute Gasteiger partial charge is 0.491 e. The number of ether oxygens (including phenoxy) is 2. The van der Waals surface area contributed by atoms with Crippen molar-refractivity contribution in [3.05, 3.63) is 66.0 Å². The van der Waals surface area contributed by atoms with Gasteiger partial charge in [-0.05, 0) is 36.8 Å². The number of carbonyl (C=O) groups is 1. The van der Waals surface area contributed by atoms with Crippen LogP contribution < -0.4 is 10.1 Å². The van der Waals surface area contributed by atoms with Crippen LogP contribution in [0, 0.1) is 5.82 Å². The van der Waals surface area contributed by atoms with Crippen LogP contribution in [0.15, 0.2) is 54.6 Å². The molecule has 0 spiro atoms. The highest BCUT2D eigenvalue weighted by molar-refractivity contribution is 5.80. The molecule has 1 amide bonds. The Hall–Kier alpha value is -2.44. The molecule has 2 rings (SSSR count). The van der Waals surface area contributed by atoms with Crippen LogP contribution in [0.5, 0.6) is 5.75 Å². The fraction of sp³-hybridized carbons (Fsp3) is 0.316. The molecular formula is C19H22FNO4. The molecule has 2 atom stereocenters. The van der Waals surface area contributed by atoms with Crippen LogP contribution in [0.1, 0.15) is 12.5 Å². The predicted molar refractivity (Wildman–Crippen MR) is 91.6 cm³/mol. The average molecular weight is 347 g/mol. The highest BCUT2D eigenvalue weighted by Crippen LogP contribution is 2.11. The van der Waals surface area contributed by atoms with Crippen LogP contribution >= 0.6 is 0 Å². The van der Waals surface area contributed by atoms with Gasteiger partial charge in [-0.2, -0.15) is 0 Å². The van der Waals surface area contributed by atoms with Crippen LogP contribution in [-0.2, 0) is 16.1 Å². The fourth-order valence-corrected chi connectivity index (χ4v) is 2.02. The lowest BCUT2D eigenvalue weighted by Gasteiger charge is -2.16. The molecule has 25 heavy (non-hydrogen) atoms. The molecule has 0 aliphatic rings. The van der Waals surface area contributed by atoms with Gasteiger partial charge < -0.3 is 19.9 Å². The van der Waals surface area contributed by atoms with E-state index in [-0.39, 0.29) is 24.9 Å². The van der Waals surface area contributed by atoms with Crippen LogP contribution in [0.25, 0.3) is 0 Å². The lowest BCUT2D eigenvalue weighted by molar-refractivity contribution is -0.133. The van der Waals surface area contributed by atoms with E-state index in [2.05, 4.69) is 5.32 Å². The Balaban J connectivity index is 1.65. The van der Waals surface area contributed by atoms with E-state index in [1.165, 1.54) is 24.3 Å². The van der Waals surface area contributed by atoms with Crippen molar-refractivity contribution in [2.45, 2.75) is 25.7 Å². The van der Waals surface area contributed by atoms with Crippen molar-refractivity contribution >= 4 is 5.91 Å². The number of carbonyl (C=O) groups excluding carboxylic acids is 1. The Morgan fingerprint density at radius 3 is 2.52 bits per heavy atom. The number of halogens is 1. The first-order valence-electron chi connectivity index (χ1n) is 8.04. The highest BCUT2D eigenvalue weighted by atomic mass is 19.1. The summed E-state index contributed by atoms with van der Waals surface area (Å²) in [4.78, 5) is 12.0. The molecule has 134 valence electrons. The van der Waals surface area contributed by atoms with E-state index >= 15 is 0 Å². The molecule has 0 aliphatic carbocycles. The van der Waals surface area contributed by atoms with Crippen molar-refractivity contribution in [3.8, 4) is 5.75 Å². The number of amides is 1. The van der Waals surface area contributed by atoms with Gasteiger partial charge in [-0.1, -0.05) is 30.3 Å². The lowest BCUT2D eigenvalue weighted by Crippen LogP contribution is -2.40. The average Bonchev–Trinajstić information content (AvgIpc) is 2.64. The first kappa shape index (κ1) is 18.9. The van der Waals surface area contributed by atoms with Crippen molar-refractivity contribution in [3.63, 3.8) is 0 Å². The summed E-state index contributed by atoms with van der Waals surface area (Å²) in [5, 5.41) is 12.5. The van der Waals surface area contributed by atoms with Crippen LogP contribution in [0.2, 0.25) is 0 Å². The van der Waals surface area contributed by atoms with Gasteiger partial charge >= 0.3 is 0 Å². The second-order valence-electron chi connectivity index (χ2n) is 5.60. The quantitative estimate of drug-likeness (QED) is 0.730. The first-order chi connectivity index (χ1) is 12.0. The van der Waals surface area contributed by atoms with Gasteiger partial charge in [-0.25, -0.2) is 4.39 Å². The zero-order valence-electron chi connectivity index (χ0n) is 14.0. The number of aliphatic hydroxyl groups excluding tert-OH is 1. The smallest absolute Gasteiger partial charge is 0.248 e. The first-order valence-corrected chi connectivity index (χ1v) is 8.04. The molecule has 2 N–H and O–H groups in total.